The summed E-state index contributed by atoms with van der Waals surface area (Å²) in [7, 11) is -5.75. The zero-order chi connectivity index (χ0) is 13.3. The lowest BCUT2D eigenvalue weighted by atomic mass is 10.2. The Hall–Kier alpha value is -1.57. The van der Waals surface area contributed by atoms with Crippen LogP contribution in [0.2, 0.25) is 0 Å². The van der Waals surface area contributed by atoms with E-state index in [2.05, 4.69) is 10.8 Å². The van der Waals surface area contributed by atoms with Gasteiger partial charge in [0.15, 0.2) is 0 Å². The maximum absolute atomic E-state index is 12.5. The highest BCUT2D eigenvalue weighted by atomic mass is 32.2. The molecule has 0 aliphatic rings. The van der Waals surface area contributed by atoms with Crippen LogP contribution in [0, 0.1) is 5.82 Å². The van der Waals surface area contributed by atoms with Crippen molar-refractivity contribution in [2.45, 2.75) is 5.51 Å². The average molecular weight is 270 g/mol. The minimum absolute atomic E-state index is 0.0702. The molecule has 1 aromatic carbocycles. The molecule has 0 aliphatic carbocycles. The minimum Gasteiger partial charge on any atom is -0.376 e. The summed E-state index contributed by atoms with van der Waals surface area (Å²) < 4.78 is 73.4. The van der Waals surface area contributed by atoms with Crippen LogP contribution in [0.1, 0.15) is 5.56 Å². The zero-order valence-corrected chi connectivity index (χ0v) is 8.98. The molecule has 0 bridgehead atoms. The van der Waals surface area contributed by atoms with E-state index in [0.717, 1.165) is 24.3 Å². The predicted molar refractivity (Wildman–Crippen MR) is 51.5 cm³/mol. The Morgan fingerprint density at radius 3 is 2.06 bits per heavy atom. The summed E-state index contributed by atoms with van der Waals surface area (Å²) in [6.45, 7) is 3.03. The van der Waals surface area contributed by atoms with Gasteiger partial charge in [-0.3, -0.25) is 0 Å². The largest absolute Gasteiger partial charge is 0.534 e. The average Bonchev–Trinajstić information content (AvgIpc) is 2.16. The van der Waals surface area contributed by atoms with Crippen molar-refractivity contribution in [1.29, 1.82) is 0 Å². The SMILES string of the molecule is C=C(OS(=O)(=O)C(F)(F)F)c1ccc(F)cc1. The van der Waals surface area contributed by atoms with E-state index >= 15 is 0 Å². The summed E-state index contributed by atoms with van der Waals surface area (Å²) in [5.74, 6) is -1.36. The lowest BCUT2D eigenvalue weighted by Crippen LogP contribution is -2.24. The predicted octanol–water partition coefficient (Wildman–Crippen LogP) is 2.66. The second-order valence-corrected chi connectivity index (χ2v) is 4.45. The Labute approximate surface area is 94.4 Å². The number of hydrogen-bond acceptors (Lipinski definition) is 3. The van der Waals surface area contributed by atoms with Gasteiger partial charge < -0.3 is 4.18 Å². The number of alkyl halides is 3. The first-order valence-corrected chi connectivity index (χ1v) is 5.50. The van der Waals surface area contributed by atoms with Gasteiger partial charge in [0.1, 0.15) is 11.6 Å². The maximum atomic E-state index is 12.5. The highest BCUT2D eigenvalue weighted by molar-refractivity contribution is 7.87. The van der Waals surface area contributed by atoms with E-state index in [4.69, 9.17) is 0 Å². The zero-order valence-electron chi connectivity index (χ0n) is 8.16. The molecule has 3 nitrogen and oxygen atoms in total. The van der Waals surface area contributed by atoms with Crippen molar-refractivity contribution in [2.75, 3.05) is 0 Å². The Balaban J connectivity index is 2.91. The van der Waals surface area contributed by atoms with Crippen molar-refractivity contribution >= 4 is 15.9 Å². The van der Waals surface area contributed by atoms with Gasteiger partial charge in [-0.2, -0.15) is 21.6 Å². The third kappa shape index (κ3) is 3.19. The first-order valence-electron chi connectivity index (χ1n) is 4.09. The van der Waals surface area contributed by atoms with E-state index in [9.17, 15) is 26.0 Å². The van der Waals surface area contributed by atoms with Crippen molar-refractivity contribution in [2.24, 2.45) is 0 Å². The summed E-state index contributed by atoms with van der Waals surface area (Å²) in [5, 5.41) is 0. The van der Waals surface area contributed by atoms with Crippen molar-refractivity contribution in [3.8, 4) is 0 Å². The first kappa shape index (κ1) is 13.5. The van der Waals surface area contributed by atoms with Gasteiger partial charge in [-0.25, -0.2) is 4.39 Å². The fraction of sp³-hybridized carbons (Fsp3) is 0.111. The normalized spacial score (nSPS) is 12.2. The molecular weight excluding hydrogens is 264 g/mol. The number of benzene rings is 1. The van der Waals surface area contributed by atoms with Gasteiger partial charge in [-0.05, 0) is 24.3 Å². The fourth-order valence-corrected chi connectivity index (χ4v) is 1.32. The van der Waals surface area contributed by atoms with Gasteiger partial charge in [0, 0.05) is 5.56 Å². The fourth-order valence-electron chi connectivity index (χ4n) is 0.864. The molecule has 0 unspecified atom stereocenters. The van der Waals surface area contributed by atoms with Crippen molar-refractivity contribution in [1.82, 2.24) is 0 Å². The summed E-state index contributed by atoms with van der Waals surface area (Å²) in [4.78, 5) is 0. The second kappa shape index (κ2) is 4.36. The molecule has 0 amide bonds. The molecule has 0 heterocycles. The topological polar surface area (TPSA) is 43.4 Å². The lowest BCUT2D eigenvalue weighted by Gasteiger charge is -2.11. The standard InChI is InChI=1S/C9H6F4O3S/c1-6(7-2-4-8(10)5-3-7)16-17(14,15)9(11,12)13/h2-5H,1H2. The van der Waals surface area contributed by atoms with Crippen LogP contribution >= 0.6 is 0 Å². The Bertz CT molecular complexity index is 516. The lowest BCUT2D eigenvalue weighted by molar-refractivity contribution is -0.0509. The molecule has 0 aromatic heterocycles. The molecule has 0 radical (unpaired) electrons. The quantitative estimate of drug-likeness (QED) is 0.367. The monoisotopic (exact) mass is 270 g/mol. The Morgan fingerprint density at radius 1 is 1.18 bits per heavy atom. The molecular formula is C9H6F4O3S. The van der Waals surface area contributed by atoms with Crippen molar-refractivity contribution in [3.05, 3.63) is 42.2 Å². The molecule has 0 atom stereocenters. The summed E-state index contributed by atoms with van der Waals surface area (Å²) in [6.07, 6.45) is 0. The summed E-state index contributed by atoms with van der Waals surface area (Å²) >= 11 is 0. The minimum atomic E-state index is -5.75. The molecule has 0 saturated heterocycles. The molecule has 1 rings (SSSR count). The van der Waals surface area contributed by atoms with Crippen molar-refractivity contribution < 1.29 is 30.2 Å². The van der Waals surface area contributed by atoms with Gasteiger partial charge in [0.25, 0.3) is 0 Å². The van der Waals surface area contributed by atoms with Gasteiger partial charge in [-0.15, -0.1) is 0 Å². The second-order valence-electron chi connectivity index (χ2n) is 2.91. The molecule has 0 aliphatic heterocycles. The highest BCUT2D eigenvalue weighted by Crippen LogP contribution is 2.28. The molecule has 8 heteroatoms. The third-order valence-corrected chi connectivity index (χ3v) is 2.65. The van der Waals surface area contributed by atoms with Gasteiger partial charge in [0.2, 0.25) is 0 Å². The molecule has 94 valence electrons. The third-order valence-electron chi connectivity index (χ3n) is 1.66. The van der Waals surface area contributed by atoms with E-state index in [1.165, 1.54) is 0 Å². The van der Waals surface area contributed by atoms with E-state index in [1.54, 1.807) is 0 Å². The van der Waals surface area contributed by atoms with Crippen LogP contribution in [-0.4, -0.2) is 13.9 Å². The van der Waals surface area contributed by atoms with Crippen LogP contribution in [-0.2, 0) is 14.3 Å². The van der Waals surface area contributed by atoms with Gasteiger partial charge in [0.05, 0.1) is 0 Å². The molecule has 17 heavy (non-hydrogen) atoms. The van der Waals surface area contributed by atoms with Crippen LogP contribution < -0.4 is 0 Å². The Kier molecular flexibility index (Phi) is 3.46. The maximum Gasteiger partial charge on any atom is 0.534 e. The highest BCUT2D eigenvalue weighted by Gasteiger charge is 2.48. The summed E-state index contributed by atoms with van der Waals surface area (Å²) in [6, 6.07) is 3.96. The van der Waals surface area contributed by atoms with Gasteiger partial charge in [-0.1, -0.05) is 6.58 Å². The molecule has 0 saturated carbocycles. The number of halogens is 4. The molecule has 1 aromatic rings. The van der Waals surface area contributed by atoms with Gasteiger partial charge >= 0.3 is 15.6 Å². The van der Waals surface area contributed by atoms with Crippen molar-refractivity contribution in [3.63, 3.8) is 0 Å². The summed E-state index contributed by atoms with van der Waals surface area (Å²) in [5.41, 5.74) is -5.60. The Morgan fingerprint density at radius 2 is 1.65 bits per heavy atom. The van der Waals surface area contributed by atoms with Crippen LogP contribution in [0.3, 0.4) is 0 Å². The van der Waals surface area contributed by atoms with Crippen LogP contribution in [0.5, 0.6) is 0 Å². The van der Waals surface area contributed by atoms with E-state index < -0.39 is 27.2 Å². The van der Waals surface area contributed by atoms with Crippen LogP contribution in [0.4, 0.5) is 17.6 Å². The number of rotatable bonds is 3. The molecule has 0 N–H and O–H groups in total. The van der Waals surface area contributed by atoms with Crippen LogP contribution in [0.25, 0.3) is 5.76 Å². The first-order chi connectivity index (χ1) is 7.63. The van der Waals surface area contributed by atoms with E-state index in [0.29, 0.717) is 0 Å². The molecule has 0 spiro atoms. The van der Waals surface area contributed by atoms with E-state index in [-0.39, 0.29) is 5.56 Å². The smallest absolute Gasteiger partial charge is 0.376 e. The van der Waals surface area contributed by atoms with Crippen LogP contribution in [0.15, 0.2) is 30.8 Å². The number of hydrogen-bond donors (Lipinski definition) is 0. The van der Waals surface area contributed by atoms with E-state index in [1.807, 2.05) is 0 Å². The molecule has 0 fully saturated rings.